The van der Waals surface area contributed by atoms with Gasteiger partial charge in [-0.25, -0.2) is 4.79 Å². The molecule has 1 unspecified atom stereocenters. The Labute approximate surface area is 166 Å². The standard InChI is InChI=1S/C21H31N3O4/c1-15(2)12-17(18(25)26)14-22-19(27)21(10-6-7-11-21)24-20(28)23-13-16-8-4-3-5-9-16/h3-5,8-9,15,17H,6-7,10-14H2,1-2H3,(H,22,27)(H,25,26)(H2,23,24,28). The van der Waals surface area contributed by atoms with Crippen LogP contribution in [0.25, 0.3) is 0 Å². The summed E-state index contributed by atoms with van der Waals surface area (Å²) in [6.07, 6.45) is 3.30. The maximum atomic E-state index is 12.8. The molecule has 7 nitrogen and oxygen atoms in total. The Morgan fingerprint density at radius 1 is 1.07 bits per heavy atom. The van der Waals surface area contributed by atoms with Gasteiger partial charge in [0.2, 0.25) is 5.91 Å². The third kappa shape index (κ3) is 6.25. The average molecular weight is 389 g/mol. The van der Waals surface area contributed by atoms with E-state index >= 15 is 0 Å². The second-order valence-electron chi connectivity index (χ2n) is 7.96. The van der Waals surface area contributed by atoms with Gasteiger partial charge in [-0.1, -0.05) is 57.0 Å². The van der Waals surface area contributed by atoms with Crippen molar-refractivity contribution in [1.29, 1.82) is 0 Å². The minimum absolute atomic E-state index is 0.0708. The Bertz CT molecular complexity index is 669. The topological polar surface area (TPSA) is 108 Å². The quantitative estimate of drug-likeness (QED) is 0.521. The van der Waals surface area contributed by atoms with Crippen LogP contribution in [0.5, 0.6) is 0 Å². The van der Waals surface area contributed by atoms with Crippen LogP contribution in [-0.4, -0.2) is 35.1 Å². The number of hydrogen-bond acceptors (Lipinski definition) is 3. The Morgan fingerprint density at radius 3 is 2.29 bits per heavy atom. The molecule has 2 rings (SSSR count). The number of benzene rings is 1. The lowest BCUT2D eigenvalue weighted by molar-refractivity contribution is -0.142. The van der Waals surface area contributed by atoms with Crippen molar-refractivity contribution >= 4 is 17.9 Å². The van der Waals surface area contributed by atoms with E-state index in [0.29, 0.717) is 25.8 Å². The molecule has 1 saturated carbocycles. The first kappa shape index (κ1) is 21.7. The highest BCUT2D eigenvalue weighted by atomic mass is 16.4. The molecule has 28 heavy (non-hydrogen) atoms. The minimum Gasteiger partial charge on any atom is -0.481 e. The van der Waals surface area contributed by atoms with Gasteiger partial charge in [-0.15, -0.1) is 0 Å². The lowest BCUT2D eigenvalue weighted by Crippen LogP contribution is -2.59. The van der Waals surface area contributed by atoms with Gasteiger partial charge >= 0.3 is 12.0 Å². The smallest absolute Gasteiger partial charge is 0.315 e. The number of aliphatic carboxylic acids is 1. The summed E-state index contributed by atoms with van der Waals surface area (Å²) in [6.45, 7) is 4.35. The van der Waals surface area contributed by atoms with E-state index in [2.05, 4.69) is 16.0 Å². The molecular formula is C21H31N3O4. The van der Waals surface area contributed by atoms with Crippen molar-refractivity contribution in [2.45, 2.75) is 58.0 Å². The van der Waals surface area contributed by atoms with Crippen molar-refractivity contribution in [2.24, 2.45) is 11.8 Å². The van der Waals surface area contributed by atoms with Crippen molar-refractivity contribution < 1.29 is 19.5 Å². The van der Waals surface area contributed by atoms with Crippen LogP contribution in [0, 0.1) is 11.8 Å². The molecule has 0 spiro atoms. The number of carboxylic acid groups (broad SMARTS) is 1. The van der Waals surface area contributed by atoms with E-state index in [1.54, 1.807) is 0 Å². The van der Waals surface area contributed by atoms with Gasteiger partial charge < -0.3 is 21.1 Å². The van der Waals surface area contributed by atoms with Crippen molar-refractivity contribution in [3.05, 3.63) is 35.9 Å². The number of rotatable bonds is 9. The molecule has 1 aliphatic rings. The molecule has 0 aliphatic heterocycles. The van der Waals surface area contributed by atoms with Crippen LogP contribution in [0.1, 0.15) is 51.5 Å². The highest BCUT2D eigenvalue weighted by molar-refractivity contribution is 5.91. The zero-order chi connectivity index (χ0) is 20.6. The van der Waals surface area contributed by atoms with Crippen LogP contribution in [-0.2, 0) is 16.1 Å². The predicted octanol–water partition coefficient (Wildman–Crippen LogP) is 2.66. The lowest BCUT2D eigenvalue weighted by atomic mass is 9.94. The Morgan fingerprint density at radius 2 is 1.71 bits per heavy atom. The van der Waals surface area contributed by atoms with E-state index in [4.69, 9.17) is 0 Å². The fraction of sp³-hybridized carbons (Fsp3) is 0.571. The molecular weight excluding hydrogens is 358 g/mol. The Kier molecular flexibility index (Phi) is 7.84. The maximum Gasteiger partial charge on any atom is 0.315 e. The Balaban J connectivity index is 1.93. The summed E-state index contributed by atoms with van der Waals surface area (Å²) in [5, 5.41) is 17.8. The lowest BCUT2D eigenvalue weighted by Gasteiger charge is -2.29. The van der Waals surface area contributed by atoms with Gasteiger partial charge in [0.1, 0.15) is 5.54 Å². The van der Waals surface area contributed by atoms with E-state index < -0.39 is 23.5 Å². The number of carboxylic acids is 1. The molecule has 7 heteroatoms. The molecule has 0 aromatic heterocycles. The van der Waals surface area contributed by atoms with Gasteiger partial charge in [-0.3, -0.25) is 9.59 Å². The third-order valence-electron chi connectivity index (χ3n) is 5.15. The number of hydrogen-bond donors (Lipinski definition) is 4. The van der Waals surface area contributed by atoms with Gasteiger partial charge in [-0.05, 0) is 30.7 Å². The number of nitrogens with one attached hydrogen (secondary N) is 3. The number of carbonyl (C=O) groups excluding carboxylic acids is 2. The number of urea groups is 1. The number of carbonyl (C=O) groups is 3. The summed E-state index contributed by atoms with van der Waals surface area (Å²) < 4.78 is 0. The van der Waals surface area contributed by atoms with Crippen LogP contribution < -0.4 is 16.0 Å². The third-order valence-corrected chi connectivity index (χ3v) is 5.15. The normalized spacial score (nSPS) is 16.4. The molecule has 154 valence electrons. The van der Waals surface area contributed by atoms with E-state index in [1.165, 1.54) is 0 Å². The molecule has 0 radical (unpaired) electrons. The van der Waals surface area contributed by atoms with E-state index in [-0.39, 0.29) is 18.4 Å². The molecule has 1 fully saturated rings. The highest BCUT2D eigenvalue weighted by Gasteiger charge is 2.42. The summed E-state index contributed by atoms with van der Waals surface area (Å²) in [5.41, 5.74) is 0.00216. The zero-order valence-corrected chi connectivity index (χ0v) is 16.7. The second kappa shape index (κ2) is 10.1. The largest absolute Gasteiger partial charge is 0.481 e. The van der Waals surface area contributed by atoms with Crippen LogP contribution in [0.15, 0.2) is 30.3 Å². The Hall–Kier alpha value is -2.57. The molecule has 0 bridgehead atoms. The summed E-state index contributed by atoms with van der Waals surface area (Å²) in [4.78, 5) is 36.6. The second-order valence-corrected chi connectivity index (χ2v) is 7.96. The molecule has 1 aromatic rings. The van der Waals surface area contributed by atoms with Gasteiger partial charge in [0.15, 0.2) is 0 Å². The first-order valence-electron chi connectivity index (χ1n) is 9.93. The van der Waals surface area contributed by atoms with E-state index in [1.807, 2.05) is 44.2 Å². The van der Waals surface area contributed by atoms with Gasteiger partial charge in [0.05, 0.1) is 5.92 Å². The summed E-state index contributed by atoms with van der Waals surface area (Å²) in [6, 6.07) is 9.15. The van der Waals surface area contributed by atoms with Crippen molar-refractivity contribution in [3.8, 4) is 0 Å². The molecule has 1 aromatic carbocycles. The minimum atomic E-state index is -0.971. The average Bonchev–Trinajstić information content (AvgIpc) is 3.13. The van der Waals surface area contributed by atoms with Crippen LogP contribution >= 0.6 is 0 Å². The van der Waals surface area contributed by atoms with Crippen LogP contribution in [0.4, 0.5) is 4.79 Å². The zero-order valence-electron chi connectivity index (χ0n) is 16.7. The fourth-order valence-electron chi connectivity index (χ4n) is 3.65. The first-order valence-corrected chi connectivity index (χ1v) is 9.93. The van der Waals surface area contributed by atoms with Gasteiger partial charge in [0.25, 0.3) is 0 Å². The summed E-state index contributed by atoms with van der Waals surface area (Å²) >= 11 is 0. The van der Waals surface area contributed by atoms with Crippen LogP contribution in [0.3, 0.4) is 0 Å². The molecule has 0 heterocycles. The van der Waals surface area contributed by atoms with E-state index in [0.717, 1.165) is 18.4 Å². The van der Waals surface area contributed by atoms with Crippen molar-refractivity contribution in [1.82, 2.24) is 16.0 Å². The molecule has 1 atom stereocenters. The monoisotopic (exact) mass is 389 g/mol. The molecule has 0 saturated heterocycles. The summed E-state index contributed by atoms with van der Waals surface area (Å²) in [7, 11) is 0. The van der Waals surface area contributed by atoms with E-state index in [9.17, 15) is 19.5 Å². The van der Waals surface area contributed by atoms with Gasteiger partial charge in [-0.2, -0.15) is 0 Å². The SMILES string of the molecule is CC(C)CC(CNC(=O)C1(NC(=O)NCc2ccccc2)CCCC1)C(=O)O. The van der Waals surface area contributed by atoms with Crippen molar-refractivity contribution in [3.63, 3.8) is 0 Å². The molecule has 4 N–H and O–H groups in total. The van der Waals surface area contributed by atoms with Crippen LogP contribution in [0.2, 0.25) is 0 Å². The molecule has 3 amide bonds. The molecule has 1 aliphatic carbocycles. The number of amides is 3. The summed E-state index contributed by atoms with van der Waals surface area (Å²) in [5.74, 6) is -1.62. The highest BCUT2D eigenvalue weighted by Crippen LogP contribution is 2.30. The van der Waals surface area contributed by atoms with Gasteiger partial charge in [0, 0.05) is 13.1 Å². The maximum absolute atomic E-state index is 12.8. The fourth-order valence-corrected chi connectivity index (χ4v) is 3.65. The first-order chi connectivity index (χ1) is 13.3. The van der Waals surface area contributed by atoms with Crippen molar-refractivity contribution in [2.75, 3.05) is 6.54 Å². The predicted molar refractivity (Wildman–Crippen MR) is 107 cm³/mol.